The Morgan fingerprint density at radius 2 is 2.00 bits per heavy atom. The standard InChI is InChI=1S/C13H17NO3/c1-4-17-13(15)14-9-10(2)11-5-7-12(16-3)8-6-11/h5-8H,2,4,9H2,1,3H3,(H,14,15). The van der Waals surface area contributed by atoms with Crippen molar-refractivity contribution in [1.82, 2.24) is 5.32 Å². The van der Waals surface area contributed by atoms with Gasteiger partial charge in [-0.25, -0.2) is 4.79 Å². The molecule has 0 atom stereocenters. The van der Waals surface area contributed by atoms with Crippen molar-refractivity contribution >= 4 is 11.7 Å². The highest BCUT2D eigenvalue weighted by Gasteiger charge is 2.03. The molecule has 0 saturated heterocycles. The third-order valence-electron chi connectivity index (χ3n) is 2.22. The highest BCUT2D eigenvalue weighted by atomic mass is 16.5. The van der Waals surface area contributed by atoms with Crippen LogP contribution in [0.4, 0.5) is 4.79 Å². The van der Waals surface area contributed by atoms with E-state index in [0.29, 0.717) is 13.2 Å². The smallest absolute Gasteiger partial charge is 0.407 e. The van der Waals surface area contributed by atoms with Crippen molar-refractivity contribution in [3.05, 3.63) is 36.4 Å². The average molecular weight is 235 g/mol. The Morgan fingerprint density at radius 1 is 1.35 bits per heavy atom. The van der Waals surface area contributed by atoms with Crippen molar-refractivity contribution in [2.45, 2.75) is 6.92 Å². The maximum atomic E-state index is 11.1. The molecule has 1 aromatic carbocycles. The van der Waals surface area contributed by atoms with E-state index in [4.69, 9.17) is 9.47 Å². The maximum absolute atomic E-state index is 11.1. The fraction of sp³-hybridized carbons (Fsp3) is 0.308. The molecule has 0 unspecified atom stereocenters. The molecule has 0 aliphatic rings. The number of benzene rings is 1. The molecule has 0 aliphatic heterocycles. The van der Waals surface area contributed by atoms with Gasteiger partial charge in [0.1, 0.15) is 5.75 Å². The summed E-state index contributed by atoms with van der Waals surface area (Å²) in [5.41, 5.74) is 1.78. The number of ether oxygens (including phenoxy) is 2. The van der Waals surface area contributed by atoms with Crippen molar-refractivity contribution in [2.24, 2.45) is 0 Å². The van der Waals surface area contributed by atoms with Crippen LogP contribution < -0.4 is 10.1 Å². The molecule has 0 fully saturated rings. The molecule has 4 nitrogen and oxygen atoms in total. The normalized spacial score (nSPS) is 9.53. The first-order chi connectivity index (χ1) is 8.17. The Balaban J connectivity index is 2.49. The van der Waals surface area contributed by atoms with Gasteiger partial charge in [0.15, 0.2) is 0 Å². The largest absolute Gasteiger partial charge is 0.497 e. The number of carbonyl (C=O) groups is 1. The lowest BCUT2D eigenvalue weighted by atomic mass is 10.1. The van der Waals surface area contributed by atoms with Crippen LogP contribution in [-0.4, -0.2) is 26.4 Å². The number of rotatable bonds is 5. The predicted molar refractivity (Wildman–Crippen MR) is 67.1 cm³/mol. The highest BCUT2D eigenvalue weighted by molar-refractivity contribution is 5.72. The fourth-order valence-electron chi connectivity index (χ4n) is 1.29. The van der Waals surface area contributed by atoms with Crippen molar-refractivity contribution in [1.29, 1.82) is 0 Å². The number of hydrogen-bond acceptors (Lipinski definition) is 3. The molecule has 92 valence electrons. The number of hydrogen-bond donors (Lipinski definition) is 1. The van der Waals surface area contributed by atoms with Crippen LogP contribution in [0.15, 0.2) is 30.8 Å². The number of alkyl carbamates (subject to hydrolysis) is 1. The Kier molecular flexibility index (Phi) is 5.07. The van der Waals surface area contributed by atoms with Gasteiger partial charge >= 0.3 is 6.09 Å². The molecule has 0 aromatic heterocycles. The van der Waals surface area contributed by atoms with E-state index in [-0.39, 0.29) is 0 Å². The van der Waals surface area contributed by atoms with Crippen LogP contribution >= 0.6 is 0 Å². The third-order valence-corrected chi connectivity index (χ3v) is 2.22. The fourth-order valence-corrected chi connectivity index (χ4v) is 1.29. The van der Waals surface area contributed by atoms with Crippen molar-refractivity contribution < 1.29 is 14.3 Å². The van der Waals surface area contributed by atoms with Gasteiger partial charge in [-0.05, 0) is 30.2 Å². The summed E-state index contributed by atoms with van der Waals surface area (Å²) in [5, 5.41) is 2.62. The Bertz CT molecular complexity index is 384. The van der Waals surface area contributed by atoms with Gasteiger partial charge in [0.05, 0.1) is 13.7 Å². The quantitative estimate of drug-likeness (QED) is 0.852. The first-order valence-electron chi connectivity index (χ1n) is 5.40. The summed E-state index contributed by atoms with van der Waals surface area (Å²) < 4.78 is 9.81. The molecule has 0 radical (unpaired) electrons. The lowest BCUT2D eigenvalue weighted by Gasteiger charge is -2.08. The SMILES string of the molecule is C=C(CNC(=O)OCC)c1ccc(OC)cc1. The summed E-state index contributed by atoms with van der Waals surface area (Å²) in [7, 11) is 1.62. The molecule has 0 aliphatic carbocycles. The van der Waals surface area contributed by atoms with Gasteiger partial charge in [-0.2, -0.15) is 0 Å². The van der Waals surface area contributed by atoms with Crippen LogP contribution in [0.1, 0.15) is 12.5 Å². The van der Waals surface area contributed by atoms with Crippen molar-refractivity contribution in [3.8, 4) is 5.75 Å². The van der Waals surface area contributed by atoms with E-state index in [1.54, 1.807) is 14.0 Å². The number of methoxy groups -OCH3 is 1. The second-order valence-electron chi connectivity index (χ2n) is 3.41. The summed E-state index contributed by atoms with van der Waals surface area (Å²) >= 11 is 0. The number of amides is 1. The summed E-state index contributed by atoms with van der Waals surface area (Å²) in [6.45, 7) is 6.39. The van der Waals surface area contributed by atoms with Gasteiger partial charge in [-0.1, -0.05) is 18.7 Å². The molecular formula is C13H17NO3. The van der Waals surface area contributed by atoms with Crippen LogP contribution in [0.2, 0.25) is 0 Å². The predicted octanol–water partition coefficient (Wildman–Crippen LogP) is 2.45. The monoisotopic (exact) mass is 235 g/mol. The van der Waals surface area contributed by atoms with E-state index in [9.17, 15) is 4.79 Å². The molecule has 17 heavy (non-hydrogen) atoms. The Labute approximate surface area is 101 Å². The lowest BCUT2D eigenvalue weighted by Crippen LogP contribution is -2.25. The minimum Gasteiger partial charge on any atom is -0.497 e. The number of nitrogens with one attached hydrogen (secondary N) is 1. The first-order valence-corrected chi connectivity index (χ1v) is 5.40. The minimum absolute atomic E-state index is 0.362. The topological polar surface area (TPSA) is 47.6 Å². The summed E-state index contributed by atoms with van der Waals surface area (Å²) in [4.78, 5) is 11.1. The highest BCUT2D eigenvalue weighted by Crippen LogP contribution is 2.16. The van der Waals surface area contributed by atoms with Crippen LogP contribution in [0.5, 0.6) is 5.75 Å². The minimum atomic E-state index is -0.429. The molecule has 0 spiro atoms. The summed E-state index contributed by atoms with van der Waals surface area (Å²) in [6, 6.07) is 7.50. The maximum Gasteiger partial charge on any atom is 0.407 e. The van der Waals surface area contributed by atoms with Gasteiger partial charge in [0.2, 0.25) is 0 Å². The molecule has 0 heterocycles. The molecule has 1 N–H and O–H groups in total. The van der Waals surface area contributed by atoms with Crippen LogP contribution in [-0.2, 0) is 4.74 Å². The molecule has 4 heteroatoms. The zero-order valence-electron chi connectivity index (χ0n) is 10.2. The van der Waals surface area contributed by atoms with E-state index in [2.05, 4.69) is 11.9 Å². The lowest BCUT2D eigenvalue weighted by molar-refractivity contribution is 0.153. The second-order valence-corrected chi connectivity index (χ2v) is 3.41. The van der Waals surface area contributed by atoms with Gasteiger partial charge < -0.3 is 14.8 Å². The van der Waals surface area contributed by atoms with E-state index < -0.39 is 6.09 Å². The van der Waals surface area contributed by atoms with Gasteiger partial charge in [0.25, 0.3) is 0 Å². The van der Waals surface area contributed by atoms with E-state index in [1.165, 1.54) is 0 Å². The van der Waals surface area contributed by atoms with E-state index >= 15 is 0 Å². The van der Waals surface area contributed by atoms with Crippen LogP contribution in [0.25, 0.3) is 5.57 Å². The van der Waals surface area contributed by atoms with Crippen molar-refractivity contribution in [3.63, 3.8) is 0 Å². The Hall–Kier alpha value is -1.97. The summed E-state index contributed by atoms with van der Waals surface area (Å²) in [5.74, 6) is 0.792. The third kappa shape index (κ3) is 4.18. The van der Waals surface area contributed by atoms with Crippen LogP contribution in [0, 0.1) is 0 Å². The molecule has 0 saturated carbocycles. The number of carbonyl (C=O) groups excluding carboxylic acids is 1. The summed E-state index contributed by atoms with van der Waals surface area (Å²) in [6.07, 6.45) is -0.429. The van der Waals surface area contributed by atoms with Gasteiger partial charge in [0, 0.05) is 6.54 Å². The molecule has 1 aromatic rings. The van der Waals surface area contributed by atoms with Gasteiger partial charge in [-0.3, -0.25) is 0 Å². The van der Waals surface area contributed by atoms with Gasteiger partial charge in [-0.15, -0.1) is 0 Å². The van der Waals surface area contributed by atoms with E-state index in [1.807, 2.05) is 24.3 Å². The molecular weight excluding hydrogens is 218 g/mol. The first kappa shape index (κ1) is 13.1. The molecule has 1 rings (SSSR count). The van der Waals surface area contributed by atoms with Crippen molar-refractivity contribution in [2.75, 3.05) is 20.3 Å². The molecule has 0 bridgehead atoms. The zero-order chi connectivity index (χ0) is 12.7. The van der Waals surface area contributed by atoms with Crippen LogP contribution in [0.3, 0.4) is 0 Å². The zero-order valence-corrected chi connectivity index (χ0v) is 10.2. The Morgan fingerprint density at radius 3 is 2.53 bits per heavy atom. The molecule has 1 amide bonds. The second kappa shape index (κ2) is 6.58. The van der Waals surface area contributed by atoms with E-state index in [0.717, 1.165) is 16.9 Å². The average Bonchev–Trinajstić information content (AvgIpc) is 2.36.